The van der Waals surface area contributed by atoms with Crippen molar-refractivity contribution in [3.63, 3.8) is 0 Å². The Kier molecular flexibility index (Phi) is 3.92. The van der Waals surface area contributed by atoms with Crippen molar-refractivity contribution in [2.24, 2.45) is 5.92 Å². The second-order valence-electron chi connectivity index (χ2n) is 5.52. The Morgan fingerprint density at radius 2 is 2.10 bits per heavy atom. The summed E-state index contributed by atoms with van der Waals surface area (Å²) in [6.45, 7) is 4.81. The maximum atomic E-state index is 12.5. The number of nitrogens with zero attached hydrogens (tertiary/aromatic N) is 2. The average molecular weight is 277 g/mol. The number of nitro benzene ring substituents is 1. The van der Waals surface area contributed by atoms with E-state index >= 15 is 0 Å². The molecule has 0 radical (unpaired) electrons. The lowest BCUT2D eigenvalue weighted by Crippen LogP contribution is -2.44. The highest BCUT2D eigenvalue weighted by atomic mass is 16.6. The van der Waals surface area contributed by atoms with Crippen LogP contribution in [0.25, 0.3) is 0 Å². The van der Waals surface area contributed by atoms with Gasteiger partial charge in [-0.2, -0.15) is 0 Å². The van der Waals surface area contributed by atoms with Gasteiger partial charge >= 0.3 is 0 Å². The van der Waals surface area contributed by atoms with E-state index in [4.69, 9.17) is 5.73 Å². The molecule has 0 bridgehead atoms. The highest BCUT2D eigenvalue weighted by Crippen LogP contribution is 2.26. The summed E-state index contributed by atoms with van der Waals surface area (Å²) < 4.78 is 0. The van der Waals surface area contributed by atoms with Crippen LogP contribution in [0.3, 0.4) is 0 Å². The quantitative estimate of drug-likeness (QED) is 0.510. The van der Waals surface area contributed by atoms with Gasteiger partial charge in [0.1, 0.15) is 5.69 Å². The van der Waals surface area contributed by atoms with Crippen LogP contribution in [0, 0.1) is 16.0 Å². The summed E-state index contributed by atoms with van der Waals surface area (Å²) in [5.74, 6) is 0.297. The van der Waals surface area contributed by atoms with Gasteiger partial charge in [0.2, 0.25) is 0 Å². The fourth-order valence-corrected chi connectivity index (χ4v) is 2.57. The van der Waals surface area contributed by atoms with Gasteiger partial charge in [0.05, 0.1) is 4.92 Å². The number of nitro groups is 1. The average Bonchev–Trinajstić information content (AvgIpc) is 2.41. The van der Waals surface area contributed by atoms with Crippen molar-refractivity contribution in [1.29, 1.82) is 0 Å². The molecule has 0 aromatic heterocycles. The van der Waals surface area contributed by atoms with Crippen LogP contribution in [0.1, 0.15) is 37.0 Å². The second kappa shape index (κ2) is 5.48. The first-order valence-corrected chi connectivity index (χ1v) is 6.75. The Balaban J connectivity index is 2.29. The lowest BCUT2D eigenvalue weighted by molar-refractivity contribution is -0.383. The van der Waals surface area contributed by atoms with Crippen molar-refractivity contribution in [2.75, 3.05) is 12.3 Å². The van der Waals surface area contributed by atoms with E-state index in [0.29, 0.717) is 18.0 Å². The first kappa shape index (κ1) is 14.3. The number of likely N-dealkylation sites (tertiary alicyclic amines) is 1. The summed E-state index contributed by atoms with van der Waals surface area (Å²) in [5, 5.41) is 10.9. The number of nitrogens with two attached hydrogens (primary N) is 1. The van der Waals surface area contributed by atoms with Gasteiger partial charge in [0.25, 0.3) is 11.6 Å². The molecule has 1 saturated heterocycles. The first-order valence-electron chi connectivity index (χ1n) is 6.75. The fraction of sp³-hybridized carbons (Fsp3) is 0.500. The SMILES string of the molecule is CC1CCC(C)N(C(=O)c2ccc(N)c([N+](=O)[O-])c2)C1. The molecule has 1 aliphatic heterocycles. The van der Waals surface area contributed by atoms with Crippen LogP contribution in [0.2, 0.25) is 0 Å². The second-order valence-corrected chi connectivity index (χ2v) is 5.52. The maximum Gasteiger partial charge on any atom is 0.292 e. The van der Waals surface area contributed by atoms with Gasteiger partial charge in [-0.05, 0) is 37.8 Å². The van der Waals surface area contributed by atoms with E-state index in [0.717, 1.165) is 12.8 Å². The number of piperidine rings is 1. The monoisotopic (exact) mass is 277 g/mol. The lowest BCUT2D eigenvalue weighted by Gasteiger charge is -2.36. The minimum atomic E-state index is -0.561. The third-order valence-electron chi connectivity index (χ3n) is 3.85. The molecule has 20 heavy (non-hydrogen) atoms. The van der Waals surface area contributed by atoms with E-state index in [1.54, 1.807) is 11.0 Å². The molecule has 2 unspecified atom stereocenters. The van der Waals surface area contributed by atoms with Gasteiger partial charge < -0.3 is 10.6 Å². The van der Waals surface area contributed by atoms with Gasteiger partial charge in [-0.25, -0.2) is 0 Å². The third-order valence-corrected chi connectivity index (χ3v) is 3.85. The standard InChI is InChI=1S/C14H19N3O3/c1-9-3-4-10(2)16(8-9)14(18)11-5-6-12(15)13(7-11)17(19)20/h5-7,9-10H,3-4,8,15H2,1-2H3. The van der Waals surface area contributed by atoms with Crippen molar-refractivity contribution < 1.29 is 9.72 Å². The number of anilines is 1. The smallest absolute Gasteiger partial charge is 0.292 e. The zero-order valence-corrected chi connectivity index (χ0v) is 11.7. The highest BCUT2D eigenvalue weighted by Gasteiger charge is 2.28. The molecular formula is C14H19N3O3. The van der Waals surface area contributed by atoms with Crippen LogP contribution in [-0.4, -0.2) is 28.3 Å². The molecule has 1 aliphatic rings. The van der Waals surface area contributed by atoms with Crippen LogP contribution in [-0.2, 0) is 0 Å². The third kappa shape index (κ3) is 2.74. The van der Waals surface area contributed by atoms with E-state index in [9.17, 15) is 14.9 Å². The van der Waals surface area contributed by atoms with E-state index < -0.39 is 4.92 Å². The maximum absolute atomic E-state index is 12.5. The fourth-order valence-electron chi connectivity index (χ4n) is 2.57. The molecule has 2 rings (SSSR count). The Morgan fingerprint density at radius 3 is 2.75 bits per heavy atom. The van der Waals surface area contributed by atoms with Crippen LogP contribution in [0.15, 0.2) is 18.2 Å². The minimum absolute atomic E-state index is 0.0756. The molecule has 6 nitrogen and oxygen atoms in total. The number of rotatable bonds is 2. The molecule has 1 fully saturated rings. The number of hydrogen-bond donors (Lipinski definition) is 1. The molecule has 1 amide bonds. The zero-order chi connectivity index (χ0) is 14.9. The van der Waals surface area contributed by atoms with E-state index in [1.165, 1.54) is 12.1 Å². The number of benzene rings is 1. The predicted molar refractivity (Wildman–Crippen MR) is 76.4 cm³/mol. The van der Waals surface area contributed by atoms with Crippen molar-refractivity contribution in [3.05, 3.63) is 33.9 Å². The van der Waals surface area contributed by atoms with Gasteiger partial charge in [-0.15, -0.1) is 0 Å². The molecular weight excluding hydrogens is 258 g/mol. The number of carbonyl (C=O) groups excluding carboxylic acids is 1. The molecule has 0 aliphatic carbocycles. The van der Waals surface area contributed by atoms with E-state index in [2.05, 4.69) is 6.92 Å². The number of hydrogen-bond acceptors (Lipinski definition) is 4. The molecule has 0 spiro atoms. The van der Waals surface area contributed by atoms with Gasteiger partial charge in [0, 0.05) is 24.2 Å². The van der Waals surface area contributed by atoms with Crippen molar-refractivity contribution in [1.82, 2.24) is 4.90 Å². The van der Waals surface area contributed by atoms with Crippen LogP contribution in [0.5, 0.6) is 0 Å². The van der Waals surface area contributed by atoms with Crippen LogP contribution >= 0.6 is 0 Å². The number of amides is 1. The summed E-state index contributed by atoms with van der Waals surface area (Å²) in [5.41, 5.74) is 5.74. The Hall–Kier alpha value is -2.11. The highest BCUT2D eigenvalue weighted by molar-refractivity contribution is 5.96. The summed E-state index contributed by atoms with van der Waals surface area (Å²) in [6.07, 6.45) is 2.07. The summed E-state index contributed by atoms with van der Waals surface area (Å²) >= 11 is 0. The van der Waals surface area contributed by atoms with Crippen molar-refractivity contribution in [3.8, 4) is 0 Å². The van der Waals surface area contributed by atoms with Crippen LogP contribution < -0.4 is 5.73 Å². The first-order chi connectivity index (χ1) is 9.40. The van der Waals surface area contributed by atoms with E-state index in [-0.39, 0.29) is 23.3 Å². The number of nitrogen functional groups attached to an aromatic ring is 1. The molecule has 0 saturated carbocycles. The van der Waals surface area contributed by atoms with Gasteiger partial charge in [-0.1, -0.05) is 6.92 Å². The summed E-state index contributed by atoms with van der Waals surface area (Å²) in [6, 6.07) is 4.40. The van der Waals surface area contributed by atoms with Crippen molar-refractivity contribution in [2.45, 2.75) is 32.7 Å². The molecule has 2 atom stereocenters. The normalized spacial score (nSPS) is 22.6. The van der Waals surface area contributed by atoms with E-state index in [1.807, 2.05) is 6.92 Å². The Morgan fingerprint density at radius 1 is 1.40 bits per heavy atom. The molecule has 6 heteroatoms. The topological polar surface area (TPSA) is 89.5 Å². The molecule has 108 valence electrons. The summed E-state index contributed by atoms with van der Waals surface area (Å²) in [7, 11) is 0. The molecule has 1 aromatic rings. The van der Waals surface area contributed by atoms with Gasteiger partial charge in [-0.3, -0.25) is 14.9 Å². The Bertz CT molecular complexity index is 544. The Labute approximate surface area is 117 Å². The summed E-state index contributed by atoms with van der Waals surface area (Å²) in [4.78, 5) is 24.6. The predicted octanol–water partition coefficient (Wildman–Crippen LogP) is 2.44. The molecule has 1 heterocycles. The van der Waals surface area contributed by atoms with Crippen molar-refractivity contribution >= 4 is 17.3 Å². The number of carbonyl (C=O) groups is 1. The molecule has 2 N–H and O–H groups in total. The van der Waals surface area contributed by atoms with Gasteiger partial charge in [0.15, 0.2) is 0 Å². The largest absolute Gasteiger partial charge is 0.393 e. The van der Waals surface area contributed by atoms with Crippen LogP contribution in [0.4, 0.5) is 11.4 Å². The lowest BCUT2D eigenvalue weighted by atomic mass is 9.94. The molecule has 1 aromatic carbocycles. The zero-order valence-electron chi connectivity index (χ0n) is 11.7. The minimum Gasteiger partial charge on any atom is -0.393 e.